The smallest absolute Gasteiger partial charge is 0.322 e. The number of anilines is 1. The van der Waals surface area contributed by atoms with Gasteiger partial charge in [0.25, 0.3) is 0 Å². The molecule has 0 bridgehead atoms. The third-order valence-corrected chi connectivity index (χ3v) is 4.79. The van der Waals surface area contributed by atoms with Gasteiger partial charge in [-0.25, -0.2) is 4.79 Å². The Morgan fingerprint density at radius 1 is 1.17 bits per heavy atom. The summed E-state index contributed by atoms with van der Waals surface area (Å²) in [6.45, 7) is 0.0883. The number of fused-ring (bicyclic) bond motifs is 3. The highest BCUT2D eigenvalue weighted by molar-refractivity contribution is 9.10. The van der Waals surface area contributed by atoms with E-state index in [9.17, 15) is 9.90 Å². The average Bonchev–Trinajstić information content (AvgIpc) is 2.99. The first-order valence-corrected chi connectivity index (χ1v) is 8.44. The van der Waals surface area contributed by atoms with Crippen molar-refractivity contribution in [1.82, 2.24) is 5.32 Å². The van der Waals surface area contributed by atoms with Crippen LogP contribution < -0.4 is 10.2 Å². The second kappa shape index (κ2) is 5.96. The van der Waals surface area contributed by atoms with Crippen LogP contribution in [0.15, 0.2) is 57.4 Å². The lowest BCUT2D eigenvalue weighted by Crippen LogP contribution is -2.47. The summed E-state index contributed by atoms with van der Waals surface area (Å²) < 4.78 is 6.96. The van der Waals surface area contributed by atoms with Crippen molar-refractivity contribution in [2.45, 2.75) is 6.04 Å². The first-order valence-electron chi connectivity index (χ1n) is 7.65. The van der Waals surface area contributed by atoms with Crippen LogP contribution in [0.25, 0.3) is 11.0 Å². The molecule has 4 rings (SSSR count). The van der Waals surface area contributed by atoms with Crippen LogP contribution in [0, 0.1) is 0 Å². The predicted octanol–water partition coefficient (Wildman–Crippen LogP) is 3.81. The van der Waals surface area contributed by atoms with Crippen LogP contribution in [-0.4, -0.2) is 24.3 Å². The zero-order chi connectivity index (χ0) is 16.7. The van der Waals surface area contributed by atoms with Gasteiger partial charge in [-0.2, -0.15) is 0 Å². The standard InChI is InChI=1S/C18H15BrN2O3/c19-13-8-4-7-12-15-17(24-16(12)13)14(11-5-2-1-3-6-11)20-18(23)21(15)9-10-22/h1-8,14,22H,9-10H2,(H,20,23). The van der Waals surface area contributed by atoms with Crippen molar-refractivity contribution in [2.75, 3.05) is 18.1 Å². The lowest BCUT2D eigenvalue weighted by atomic mass is 10.0. The number of carbonyl (C=O) groups is 1. The highest BCUT2D eigenvalue weighted by Crippen LogP contribution is 2.44. The number of nitrogens with one attached hydrogen (secondary N) is 1. The number of furan rings is 1. The zero-order valence-electron chi connectivity index (χ0n) is 12.7. The van der Waals surface area contributed by atoms with Gasteiger partial charge in [-0.1, -0.05) is 36.4 Å². The number of hydrogen-bond acceptors (Lipinski definition) is 3. The van der Waals surface area contributed by atoms with Gasteiger partial charge >= 0.3 is 6.03 Å². The lowest BCUT2D eigenvalue weighted by Gasteiger charge is -2.31. The number of rotatable bonds is 3. The van der Waals surface area contributed by atoms with Crippen molar-refractivity contribution in [3.8, 4) is 0 Å². The van der Waals surface area contributed by atoms with Crippen LogP contribution in [0.2, 0.25) is 0 Å². The van der Waals surface area contributed by atoms with E-state index >= 15 is 0 Å². The molecular weight excluding hydrogens is 372 g/mol. The molecule has 6 heteroatoms. The SMILES string of the molecule is O=C1NC(c2ccccc2)c2oc3c(Br)cccc3c2N1CCO. The molecule has 0 fully saturated rings. The molecule has 1 aliphatic heterocycles. The summed E-state index contributed by atoms with van der Waals surface area (Å²) in [4.78, 5) is 14.1. The summed E-state index contributed by atoms with van der Waals surface area (Å²) in [5, 5.41) is 13.2. The molecule has 122 valence electrons. The molecule has 2 N–H and O–H groups in total. The number of para-hydroxylation sites is 1. The number of benzene rings is 2. The minimum Gasteiger partial charge on any atom is -0.455 e. The predicted molar refractivity (Wildman–Crippen MR) is 95.2 cm³/mol. The Bertz CT molecular complexity index is 907. The fraction of sp³-hybridized carbons (Fsp3) is 0.167. The number of β-amino-alcohol motifs (C(OH)–C–C–N with tert-alkyl or cyclic N) is 1. The van der Waals surface area contributed by atoms with Crippen molar-refractivity contribution >= 4 is 38.6 Å². The molecule has 0 saturated carbocycles. The molecule has 1 aromatic heterocycles. The number of halogens is 1. The second-order valence-corrected chi connectivity index (χ2v) is 6.45. The third-order valence-electron chi connectivity index (χ3n) is 4.17. The molecule has 5 nitrogen and oxygen atoms in total. The van der Waals surface area contributed by atoms with Gasteiger partial charge in [0, 0.05) is 5.39 Å². The summed E-state index contributed by atoms with van der Waals surface area (Å²) >= 11 is 3.51. The quantitative estimate of drug-likeness (QED) is 0.719. The molecule has 0 saturated heterocycles. The molecule has 2 heterocycles. The monoisotopic (exact) mass is 386 g/mol. The Hall–Kier alpha value is -2.31. The van der Waals surface area contributed by atoms with Crippen molar-refractivity contribution in [3.05, 3.63) is 64.3 Å². The number of aliphatic hydroxyl groups excluding tert-OH is 1. The van der Waals surface area contributed by atoms with Gasteiger partial charge < -0.3 is 14.8 Å². The maximum absolute atomic E-state index is 12.6. The van der Waals surface area contributed by atoms with E-state index in [2.05, 4.69) is 21.2 Å². The fourth-order valence-electron chi connectivity index (χ4n) is 3.13. The molecule has 1 aliphatic rings. The number of hydrogen-bond donors (Lipinski definition) is 2. The molecule has 2 aromatic carbocycles. The summed E-state index contributed by atoms with van der Waals surface area (Å²) in [5.41, 5.74) is 2.37. The fourth-order valence-corrected chi connectivity index (χ4v) is 3.57. The molecule has 0 radical (unpaired) electrons. The molecular formula is C18H15BrN2O3. The summed E-state index contributed by atoms with van der Waals surface area (Å²) in [6, 6.07) is 14.8. The highest BCUT2D eigenvalue weighted by Gasteiger charge is 2.36. The first-order chi connectivity index (χ1) is 11.7. The summed E-state index contributed by atoms with van der Waals surface area (Å²) in [7, 11) is 0. The Morgan fingerprint density at radius 3 is 2.71 bits per heavy atom. The van der Waals surface area contributed by atoms with Crippen LogP contribution in [0.4, 0.5) is 10.5 Å². The molecule has 0 aliphatic carbocycles. The Morgan fingerprint density at radius 2 is 1.96 bits per heavy atom. The van der Waals surface area contributed by atoms with Gasteiger partial charge in [-0.15, -0.1) is 0 Å². The average molecular weight is 387 g/mol. The Kier molecular flexibility index (Phi) is 3.78. The summed E-state index contributed by atoms with van der Waals surface area (Å²) in [6.07, 6.45) is 0. The van der Waals surface area contributed by atoms with Crippen molar-refractivity contribution in [3.63, 3.8) is 0 Å². The Balaban J connectivity index is 1.97. The molecule has 1 atom stereocenters. The van der Waals surface area contributed by atoms with E-state index in [1.807, 2.05) is 48.5 Å². The molecule has 24 heavy (non-hydrogen) atoms. The van der Waals surface area contributed by atoms with Crippen LogP contribution in [-0.2, 0) is 0 Å². The first kappa shape index (κ1) is 15.2. The van der Waals surface area contributed by atoms with Crippen LogP contribution in [0.3, 0.4) is 0 Å². The minimum absolute atomic E-state index is 0.121. The minimum atomic E-state index is -0.358. The van der Waals surface area contributed by atoms with E-state index in [0.717, 1.165) is 21.1 Å². The number of aliphatic hydroxyl groups is 1. The maximum Gasteiger partial charge on any atom is 0.322 e. The maximum atomic E-state index is 12.6. The largest absolute Gasteiger partial charge is 0.455 e. The van der Waals surface area contributed by atoms with Crippen molar-refractivity contribution in [1.29, 1.82) is 0 Å². The van der Waals surface area contributed by atoms with Gasteiger partial charge in [0.05, 0.1) is 23.3 Å². The van der Waals surface area contributed by atoms with E-state index in [-0.39, 0.29) is 25.2 Å². The third kappa shape index (κ3) is 2.30. The highest BCUT2D eigenvalue weighted by atomic mass is 79.9. The van der Waals surface area contributed by atoms with E-state index in [1.165, 1.54) is 4.90 Å². The van der Waals surface area contributed by atoms with Crippen molar-refractivity contribution in [2.24, 2.45) is 0 Å². The van der Waals surface area contributed by atoms with Crippen molar-refractivity contribution < 1.29 is 14.3 Å². The van der Waals surface area contributed by atoms with Gasteiger partial charge in [0.2, 0.25) is 0 Å². The van der Waals surface area contributed by atoms with E-state index in [4.69, 9.17) is 4.42 Å². The Labute approximate surface area is 147 Å². The summed E-state index contributed by atoms with van der Waals surface area (Å²) in [5.74, 6) is 0.677. The number of nitrogens with zero attached hydrogens (tertiary/aromatic N) is 1. The van der Waals surface area contributed by atoms with Crippen LogP contribution >= 0.6 is 15.9 Å². The van der Waals surface area contributed by atoms with Gasteiger partial charge in [-0.3, -0.25) is 4.90 Å². The zero-order valence-corrected chi connectivity index (χ0v) is 14.3. The van der Waals surface area contributed by atoms with Gasteiger partial charge in [-0.05, 0) is 33.6 Å². The number of amides is 2. The normalized spacial score (nSPS) is 17.0. The van der Waals surface area contributed by atoms with E-state index < -0.39 is 0 Å². The molecule has 2 amide bonds. The molecule has 3 aromatic rings. The van der Waals surface area contributed by atoms with E-state index in [1.54, 1.807) is 0 Å². The number of urea groups is 1. The topological polar surface area (TPSA) is 65.7 Å². The number of carbonyl (C=O) groups excluding carboxylic acids is 1. The van der Waals surface area contributed by atoms with Gasteiger partial charge in [0.1, 0.15) is 6.04 Å². The molecule has 1 unspecified atom stereocenters. The second-order valence-electron chi connectivity index (χ2n) is 5.60. The van der Waals surface area contributed by atoms with Crippen LogP contribution in [0.1, 0.15) is 17.4 Å². The van der Waals surface area contributed by atoms with E-state index in [0.29, 0.717) is 11.3 Å². The van der Waals surface area contributed by atoms with Crippen LogP contribution in [0.5, 0.6) is 0 Å². The molecule has 0 spiro atoms. The van der Waals surface area contributed by atoms with Gasteiger partial charge in [0.15, 0.2) is 11.3 Å². The lowest BCUT2D eigenvalue weighted by molar-refractivity contribution is 0.236.